The van der Waals surface area contributed by atoms with Crippen LogP contribution in [0.5, 0.6) is 0 Å². The van der Waals surface area contributed by atoms with Gasteiger partial charge in [0.25, 0.3) is 0 Å². The molecule has 0 atom stereocenters. The highest BCUT2D eigenvalue weighted by atomic mass is 35.5. The van der Waals surface area contributed by atoms with Crippen molar-refractivity contribution in [2.45, 2.75) is 0 Å². The molecule has 14 heavy (non-hydrogen) atoms. The van der Waals surface area contributed by atoms with Crippen molar-refractivity contribution in [3.8, 4) is 0 Å². The number of hydrogen-bond donors (Lipinski definition) is 0. The van der Waals surface area contributed by atoms with Crippen LogP contribution in [0.1, 0.15) is 0 Å². The third-order valence-corrected chi connectivity index (χ3v) is 2.92. The molecule has 0 aliphatic rings. The molecular weight excluding hydrogens is 262 g/mol. The molecule has 0 nitrogen and oxygen atoms in total. The van der Waals surface area contributed by atoms with E-state index in [4.69, 9.17) is 34.8 Å². The molecule has 0 saturated heterocycles. The van der Waals surface area contributed by atoms with E-state index in [0.717, 1.165) is 10.8 Å². The monoisotopic (exact) mass is 266 g/mol. The molecule has 4 heteroatoms. The van der Waals surface area contributed by atoms with Gasteiger partial charge in [0, 0.05) is 10.4 Å². The zero-order valence-electron chi connectivity index (χ0n) is 6.93. The highest BCUT2D eigenvalue weighted by Gasteiger charge is 2.03. The first-order valence-corrected chi connectivity index (χ1v) is 4.85. The first kappa shape index (κ1) is 11.9. The smallest absolute Gasteiger partial charge is 0.0670 e. The van der Waals surface area contributed by atoms with Gasteiger partial charge < -0.3 is 0 Å². The van der Waals surface area contributed by atoms with Gasteiger partial charge in [-0.3, -0.25) is 0 Å². The summed E-state index contributed by atoms with van der Waals surface area (Å²) in [6.45, 7) is 0. The second-order valence-corrected chi connectivity index (χ2v) is 3.95. The molecule has 0 radical (unpaired) electrons. The number of benzene rings is 2. The molecule has 0 unspecified atom stereocenters. The van der Waals surface area contributed by atoms with E-state index in [1.165, 1.54) is 0 Å². The zero-order valence-corrected chi connectivity index (χ0v) is 10.0. The van der Waals surface area contributed by atoms with Crippen LogP contribution >= 0.6 is 47.2 Å². The van der Waals surface area contributed by atoms with Gasteiger partial charge in [0.1, 0.15) is 0 Å². The molecule has 0 aliphatic carbocycles. The van der Waals surface area contributed by atoms with Crippen LogP contribution in [0.2, 0.25) is 15.1 Å². The minimum atomic E-state index is 0. The molecule has 0 saturated carbocycles. The fourth-order valence-corrected chi connectivity index (χ4v) is 1.82. The van der Waals surface area contributed by atoms with Crippen molar-refractivity contribution in [1.29, 1.82) is 0 Å². The second kappa shape index (κ2) is 4.59. The fraction of sp³-hybridized carbons (Fsp3) is 0. The second-order valence-electron chi connectivity index (χ2n) is 2.73. The standard InChI is InChI=1S/C10H5Cl3.ClH/c11-7-2-3-8-6(5-7)1-4-9(12)10(8)13;/h1-5H;1H. The molecule has 0 aromatic heterocycles. The Morgan fingerprint density at radius 1 is 0.857 bits per heavy atom. The average molecular weight is 268 g/mol. The minimum Gasteiger partial charge on any atom is -0.147 e. The normalized spacial score (nSPS) is 9.93. The Morgan fingerprint density at radius 2 is 1.57 bits per heavy atom. The maximum absolute atomic E-state index is 6.00. The van der Waals surface area contributed by atoms with Crippen molar-refractivity contribution >= 4 is 58.0 Å². The average Bonchev–Trinajstić information content (AvgIpc) is 2.12. The van der Waals surface area contributed by atoms with Gasteiger partial charge in [-0.1, -0.05) is 46.9 Å². The van der Waals surface area contributed by atoms with E-state index in [9.17, 15) is 0 Å². The van der Waals surface area contributed by atoms with Gasteiger partial charge in [-0.05, 0) is 23.6 Å². The summed E-state index contributed by atoms with van der Waals surface area (Å²) in [5.41, 5.74) is 0. The number of hydrogen-bond acceptors (Lipinski definition) is 0. The van der Waals surface area contributed by atoms with Crippen LogP contribution in [0.4, 0.5) is 0 Å². The lowest BCUT2D eigenvalue weighted by molar-refractivity contribution is 1.74. The van der Waals surface area contributed by atoms with Crippen LogP contribution in [0.15, 0.2) is 30.3 Å². The summed E-state index contributed by atoms with van der Waals surface area (Å²) >= 11 is 17.7. The third kappa shape index (κ3) is 2.09. The van der Waals surface area contributed by atoms with Crippen LogP contribution < -0.4 is 0 Å². The van der Waals surface area contributed by atoms with Gasteiger partial charge in [0.05, 0.1) is 10.0 Å². The van der Waals surface area contributed by atoms with E-state index >= 15 is 0 Å². The number of halogens is 4. The van der Waals surface area contributed by atoms with Gasteiger partial charge in [-0.15, -0.1) is 12.4 Å². The summed E-state index contributed by atoms with van der Waals surface area (Å²) in [4.78, 5) is 0. The fourth-order valence-electron chi connectivity index (χ4n) is 1.24. The van der Waals surface area contributed by atoms with E-state index in [1.807, 2.05) is 18.2 Å². The number of fused-ring (bicyclic) bond motifs is 1. The Hall–Kier alpha value is -0.140. The molecule has 0 spiro atoms. The maximum Gasteiger partial charge on any atom is 0.0670 e. The largest absolute Gasteiger partial charge is 0.147 e. The molecule has 0 aliphatic heterocycles. The SMILES string of the molecule is Cl.Clc1ccc2c(Cl)c(Cl)ccc2c1. The summed E-state index contributed by atoms with van der Waals surface area (Å²) in [5.74, 6) is 0. The minimum absolute atomic E-state index is 0. The quantitative estimate of drug-likeness (QED) is 0.614. The van der Waals surface area contributed by atoms with Crippen molar-refractivity contribution in [1.82, 2.24) is 0 Å². The van der Waals surface area contributed by atoms with E-state index < -0.39 is 0 Å². The first-order valence-electron chi connectivity index (χ1n) is 3.72. The highest BCUT2D eigenvalue weighted by molar-refractivity contribution is 6.45. The Bertz CT molecular complexity index is 465. The molecule has 2 aromatic rings. The lowest BCUT2D eigenvalue weighted by Crippen LogP contribution is -1.75. The lowest BCUT2D eigenvalue weighted by Gasteiger charge is -2.02. The van der Waals surface area contributed by atoms with Gasteiger partial charge in [0.2, 0.25) is 0 Å². The molecular formula is C10H6Cl4. The topological polar surface area (TPSA) is 0 Å². The van der Waals surface area contributed by atoms with E-state index in [2.05, 4.69) is 0 Å². The molecule has 0 fully saturated rings. The molecule has 0 N–H and O–H groups in total. The number of rotatable bonds is 0. The summed E-state index contributed by atoms with van der Waals surface area (Å²) in [5, 5.41) is 3.78. The van der Waals surface area contributed by atoms with Crippen molar-refractivity contribution in [2.75, 3.05) is 0 Å². The zero-order chi connectivity index (χ0) is 9.42. The van der Waals surface area contributed by atoms with Crippen LogP contribution in [0, 0.1) is 0 Å². The van der Waals surface area contributed by atoms with Crippen molar-refractivity contribution < 1.29 is 0 Å². The summed E-state index contributed by atoms with van der Waals surface area (Å²) in [7, 11) is 0. The van der Waals surface area contributed by atoms with Gasteiger partial charge in [-0.25, -0.2) is 0 Å². The molecule has 74 valence electrons. The van der Waals surface area contributed by atoms with Crippen LogP contribution in [0.3, 0.4) is 0 Å². The lowest BCUT2D eigenvalue weighted by atomic mass is 10.1. The van der Waals surface area contributed by atoms with Crippen LogP contribution in [0.25, 0.3) is 10.8 Å². The first-order chi connectivity index (χ1) is 6.18. The highest BCUT2D eigenvalue weighted by Crippen LogP contribution is 2.31. The van der Waals surface area contributed by atoms with Crippen molar-refractivity contribution in [3.63, 3.8) is 0 Å². The molecule has 0 amide bonds. The van der Waals surface area contributed by atoms with Crippen molar-refractivity contribution in [2.24, 2.45) is 0 Å². The maximum atomic E-state index is 6.00. The summed E-state index contributed by atoms with van der Waals surface area (Å²) in [6.07, 6.45) is 0. The van der Waals surface area contributed by atoms with E-state index in [-0.39, 0.29) is 12.4 Å². The molecule has 2 rings (SSSR count). The molecule has 0 bridgehead atoms. The predicted octanol–water partition coefficient (Wildman–Crippen LogP) is 5.22. The molecule has 2 aromatic carbocycles. The van der Waals surface area contributed by atoms with Crippen LogP contribution in [-0.2, 0) is 0 Å². The van der Waals surface area contributed by atoms with Gasteiger partial charge in [0.15, 0.2) is 0 Å². The Labute approximate surface area is 103 Å². The van der Waals surface area contributed by atoms with E-state index in [0.29, 0.717) is 15.1 Å². The third-order valence-electron chi connectivity index (χ3n) is 1.87. The van der Waals surface area contributed by atoms with Crippen LogP contribution in [-0.4, -0.2) is 0 Å². The molecule has 0 heterocycles. The summed E-state index contributed by atoms with van der Waals surface area (Å²) in [6, 6.07) is 9.19. The van der Waals surface area contributed by atoms with E-state index in [1.54, 1.807) is 12.1 Å². The Morgan fingerprint density at radius 3 is 2.29 bits per heavy atom. The van der Waals surface area contributed by atoms with Crippen molar-refractivity contribution in [3.05, 3.63) is 45.4 Å². The predicted molar refractivity (Wildman–Crippen MR) is 66.2 cm³/mol. The van der Waals surface area contributed by atoms with Gasteiger partial charge >= 0.3 is 0 Å². The summed E-state index contributed by atoms with van der Waals surface area (Å²) < 4.78 is 0. The Kier molecular flexibility index (Phi) is 3.91. The van der Waals surface area contributed by atoms with Gasteiger partial charge in [-0.2, -0.15) is 0 Å². The Balaban J connectivity index is 0.000000980.